The van der Waals surface area contributed by atoms with Crippen LogP contribution in [-0.2, 0) is 11.8 Å². The largest absolute Gasteiger partial charge is 0.473 e. The van der Waals surface area contributed by atoms with Gasteiger partial charge in [0.05, 0.1) is 13.2 Å². The minimum Gasteiger partial charge on any atom is -0.473 e. The van der Waals surface area contributed by atoms with Crippen LogP contribution in [0.3, 0.4) is 0 Å². The molecule has 1 aliphatic carbocycles. The third-order valence-electron chi connectivity index (χ3n) is 4.89. The molecule has 0 unspecified atom stereocenters. The number of morpholine rings is 1. The molecule has 1 saturated heterocycles. The van der Waals surface area contributed by atoms with Gasteiger partial charge in [0.2, 0.25) is 16.8 Å². The predicted octanol–water partition coefficient (Wildman–Crippen LogP) is 1.43. The van der Waals surface area contributed by atoms with Gasteiger partial charge in [-0.25, -0.2) is 4.68 Å². The molecule has 1 aliphatic heterocycles. The Labute approximate surface area is 145 Å². The third kappa shape index (κ3) is 3.18. The lowest BCUT2D eigenvalue weighted by atomic mass is 9.91. The highest BCUT2D eigenvalue weighted by atomic mass is 35.5. The first-order valence-electron chi connectivity index (χ1n) is 8.42. The van der Waals surface area contributed by atoms with E-state index in [1.807, 2.05) is 0 Å². The van der Waals surface area contributed by atoms with E-state index in [-0.39, 0.29) is 11.4 Å². The Morgan fingerprint density at radius 3 is 2.62 bits per heavy atom. The van der Waals surface area contributed by atoms with Gasteiger partial charge >= 0.3 is 0 Å². The number of aryl methyl sites for hydroxylation is 1. The average Bonchev–Trinajstić information content (AvgIpc) is 2.97. The van der Waals surface area contributed by atoms with Crippen molar-refractivity contribution in [3.8, 4) is 5.88 Å². The van der Waals surface area contributed by atoms with Crippen molar-refractivity contribution in [3.63, 3.8) is 0 Å². The van der Waals surface area contributed by atoms with Crippen molar-refractivity contribution in [2.45, 2.75) is 37.8 Å². The van der Waals surface area contributed by atoms with Crippen molar-refractivity contribution >= 4 is 22.8 Å². The molecule has 1 saturated carbocycles. The second-order valence-electron chi connectivity index (χ2n) is 6.38. The monoisotopic (exact) mass is 352 g/mol. The van der Waals surface area contributed by atoms with E-state index >= 15 is 0 Å². The van der Waals surface area contributed by atoms with Gasteiger partial charge in [-0.1, -0.05) is 5.21 Å². The standard InChI is InChI=1S/C15H21ClN6O2/c1-21-12-13(19-20-21)17-15(16)18-14(12)24-11-4-2-10(3-5-11)22-6-8-23-9-7-22/h10-11H,2-9H2,1H3. The second kappa shape index (κ2) is 6.78. The van der Waals surface area contributed by atoms with Gasteiger partial charge < -0.3 is 9.47 Å². The molecule has 0 radical (unpaired) electrons. The molecule has 0 spiro atoms. The zero-order chi connectivity index (χ0) is 16.5. The fourth-order valence-electron chi connectivity index (χ4n) is 3.62. The third-order valence-corrected chi connectivity index (χ3v) is 5.06. The Morgan fingerprint density at radius 2 is 1.88 bits per heavy atom. The van der Waals surface area contributed by atoms with E-state index in [0.717, 1.165) is 52.0 Å². The number of ether oxygens (including phenoxy) is 2. The molecule has 24 heavy (non-hydrogen) atoms. The Bertz CT molecular complexity index is 709. The van der Waals surface area contributed by atoms with Gasteiger partial charge in [-0.05, 0) is 37.3 Å². The molecule has 0 bridgehead atoms. The van der Waals surface area contributed by atoms with Gasteiger partial charge in [0.15, 0.2) is 5.52 Å². The van der Waals surface area contributed by atoms with Gasteiger partial charge in [-0.2, -0.15) is 9.97 Å². The van der Waals surface area contributed by atoms with Crippen molar-refractivity contribution in [1.82, 2.24) is 29.9 Å². The summed E-state index contributed by atoms with van der Waals surface area (Å²) in [4.78, 5) is 10.9. The van der Waals surface area contributed by atoms with E-state index in [2.05, 4.69) is 25.2 Å². The van der Waals surface area contributed by atoms with Crippen molar-refractivity contribution < 1.29 is 9.47 Å². The summed E-state index contributed by atoms with van der Waals surface area (Å²) < 4.78 is 13.2. The molecule has 3 heterocycles. The number of nitrogens with zero attached hydrogens (tertiary/aromatic N) is 6. The minimum absolute atomic E-state index is 0.139. The molecule has 0 atom stereocenters. The maximum Gasteiger partial charge on any atom is 0.246 e. The highest BCUT2D eigenvalue weighted by Crippen LogP contribution is 2.29. The molecule has 8 nitrogen and oxygen atoms in total. The Morgan fingerprint density at radius 1 is 1.12 bits per heavy atom. The summed E-state index contributed by atoms with van der Waals surface area (Å²) >= 11 is 5.98. The number of hydrogen-bond donors (Lipinski definition) is 0. The molecule has 2 aromatic rings. The normalized spacial score (nSPS) is 25.9. The molecule has 0 N–H and O–H groups in total. The van der Waals surface area contributed by atoms with Crippen LogP contribution in [0.5, 0.6) is 5.88 Å². The lowest BCUT2D eigenvalue weighted by Crippen LogP contribution is -2.46. The maximum absolute atomic E-state index is 6.14. The van der Waals surface area contributed by atoms with Crippen LogP contribution in [0, 0.1) is 0 Å². The zero-order valence-electron chi connectivity index (χ0n) is 13.7. The van der Waals surface area contributed by atoms with Gasteiger partial charge in [0.1, 0.15) is 6.10 Å². The maximum atomic E-state index is 6.14. The summed E-state index contributed by atoms with van der Waals surface area (Å²) in [5.74, 6) is 0.479. The molecule has 0 aromatic carbocycles. The zero-order valence-corrected chi connectivity index (χ0v) is 14.4. The molecule has 4 rings (SSSR count). The van der Waals surface area contributed by atoms with E-state index in [1.54, 1.807) is 11.7 Å². The van der Waals surface area contributed by atoms with Crippen molar-refractivity contribution in [2.75, 3.05) is 26.3 Å². The Kier molecular flexibility index (Phi) is 4.51. The lowest BCUT2D eigenvalue weighted by molar-refractivity contribution is -0.00128. The molecule has 0 amide bonds. The van der Waals surface area contributed by atoms with Gasteiger partial charge in [0.25, 0.3) is 0 Å². The molecular formula is C15H21ClN6O2. The average molecular weight is 353 g/mol. The topological polar surface area (TPSA) is 78.2 Å². The number of rotatable bonds is 3. The lowest BCUT2D eigenvalue weighted by Gasteiger charge is -2.38. The van der Waals surface area contributed by atoms with E-state index in [0.29, 0.717) is 23.1 Å². The van der Waals surface area contributed by atoms with Crippen molar-refractivity contribution in [3.05, 3.63) is 5.28 Å². The van der Waals surface area contributed by atoms with Crippen molar-refractivity contribution in [2.24, 2.45) is 7.05 Å². The minimum atomic E-state index is 0.139. The molecule has 9 heteroatoms. The van der Waals surface area contributed by atoms with Crippen molar-refractivity contribution in [1.29, 1.82) is 0 Å². The first-order chi connectivity index (χ1) is 11.7. The molecular weight excluding hydrogens is 332 g/mol. The number of fused-ring (bicyclic) bond motifs is 1. The van der Waals surface area contributed by atoms with Crippen LogP contribution in [0.15, 0.2) is 0 Å². The highest BCUT2D eigenvalue weighted by Gasteiger charge is 2.28. The van der Waals surface area contributed by atoms with Crippen LogP contribution in [0.4, 0.5) is 0 Å². The molecule has 2 fully saturated rings. The van der Waals surface area contributed by atoms with Gasteiger partial charge in [-0.3, -0.25) is 4.90 Å². The van der Waals surface area contributed by atoms with Crippen LogP contribution in [-0.4, -0.2) is 68.3 Å². The van der Waals surface area contributed by atoms with Gasteiger partial charge in [0, 0.05) is 26.2 Å². The first kappa shape index (κ1) is 16.0. The second-order valence-corrected chi connectivity index (χ2v) is 6.72. The van der Waals surface area contributed by atoms with E-state index < -0.39 is 0 Å². The smallest absolute Gasteiger partial charge is 0.246 e. The van der Waals surface area contributed by atoms with E-state index in [4.69, 9.17) is 21.1 Å². The number of halogens is 1. The predicted molar refractivity (Wildman–Crippen MR) is 88.2 cm³/mol. The van der Waals surface area contributed by atoms with Crippen LogP contribution in [0.1, 0.15) is 25.7 Å². The Balaban J connectivity index is 1.43. The first-order valence-corrected chi connectivity index (χ1v) is 8.80. The molecule has 130 valence electrons. The fraction of sp³-hybridized carbons (Fsp3) is 0.733. The summed E-state index contributed by atoms with van der Waals surface area (Å²) in [5.41, 5.74) is 1.16. The van der Waals surface area contributed by atoms with Crippen LogP contribution >= 0.6 is 11.6 Å². The summed E-state index contributed by atoms with van der Waals surface area (Å²) in [6.07, 6.45) is 4.44. The highest BCUT2D eigenvalue weighted by molar-refractivity contribution is 6.28. The quantitative estimate of drug-likeness (QED) is 0.773. The summed E-state index contributed by atoms with van der Waals surface area (Å²) in [5, 5.41) is 8.09. The summed E-state index contributed by atoms with van der Waals surface area (Å²) in [6, 6.07) is 0.640. The Hall–Kier alpha value is -1.51. The SMILES string of the molecule is Cn1nnc2nc(Cl)nc(OC3CCC(N4CCOCC4)CC3)c21. The van der Waals surface area contributed by atoms with Crippen LogP contribution < -0.4 is 4.74 Å². The summed E-state index contributed by atoms with van der Waals surface area (Å²) in [6.45, 7) is 3.78. The number of hydrogen-bond acceptors (Lipinski definition) is 7. The molecule has 2 aliphatic rings. The van der Waals surface area contributed by atoms with Gasteiger partial charge in [-0.15, -0.1) is 5.10 Å². The number of aromatic nitrogens is 5. The van der Waals surface area contributed by atoms with E-state index in [9.17, 15) is 0 Å². The van der Waals surface area contributed by atoms with Crippen LogP contribution in [0.2, 0.25) is 5.28 Å². The summed E-state index contributed by atoms with van der Waals surface area (Å²) in [7, 11) is 1.80. The van der Waals surface area contributed by atoms with E-state index in [1.165, 1.54) is 0 Å². The molecule has 2 aromatic heterocycles. The fourth-order valence-corrected chi connectivity index (χ4v) is 3.77. The van der Waals surface area contributed by atoms with Crippen LogP contribution in [0.25, 0.3) is 11.2 Å².